The Hall–Kier alpha value is -7.70. The van der Waals surface area contributed by atoms with Crippen molar-refractivity contribution in [1.29, 1.82) is 0 Å². The monoisotopic (exact) mass is 716 g/mol. The first-order chi connectivity index (χ1) is 27.8. The highest BCUT2D eigenvalue weighted by Gasteiger charge is 2.18. The first kappa shape index (κ1) is 31.8. The predicted molar refractivity (Wildman–Crippen MR) is 228 cm³/mol. The molecular formula is C50H32N6. The van der Waals surface area contributed by atoms with Gasteiger partial charge in [0, 0.05) is 55.8 Å². The van der Waals surface area contributed by atoms with Crippen molar-refractivity contribution in [2.24, 2.45) is 0 Å². The van der Waals surface area contributed by atoms with Crippen LogP contribution < -0.4 is 0 Å². The van der Waals surface area contributed by atoms with Crippen LogP contribution in [0.2, 0.25) is 0 Å². The smallest absolute Gasteiger partial charge is 0.198 e. The highest BCUT2D eigenvalue weighted by Crippen LogP contribution is 2.37. The van der Waals surface area contributed by atoms with Crippen LogP contribution in [0.4, 0.5) is 0 Å². The van der Waals surface area contributed by atoms with Crippen LogP contribution in [0.15, 0.2) is 194 Å². The lowest BCUT2D eigenvalue weighted by atomic mass is 10.1. The number of nitrogens with zero attached hydrogens (tertiary/aromatic N) is 6. The molecule has 0 aliphatic rings. The van der Waals surface area contributed by atoms with E-state index in [1.807, 2.05) is 48.5 Å². The zero-order valence-corrected chi connectivity index (χ0v) is 30.2. The number of para-hydroxylation sites is 3. The maximum atomic E-state index is 5.08. The van der Waals surface area contributed by atoms with Crippen LogP contribution in [0, 0.1) is 0 Å². The minimum Gasteiger partial charge on any atom is -0.309 e. The number of hydrogen-bond donors (Lipinski definition) is 0. The molecule has 4 heterocycles. The second-order valence-corrected chi connectivity index (χ2v) is 13.9. The lowest BCUT2D eigenvalue weighted by Gasteiger charge is -2.13. The van der Waals surface area contributed by atoms with Gasteiger partial charge in [-0.25, -0.2) is 19.9 Å². The predicted octanol–water partition coefficient (Wildman–Crippen LogP) is 12.1. The van der Waals surface area contributed by atoms with Gasteiger partial charge in [0.1, 0.15) is 0 Å². The molecule has 0 radical (unpaired) electrons. The summed E-state index contributed by atoms with van der Waals surface area (Å²) < 4.78 is 4.74. The van der Waals surface area contributed by atoms with E-state index >= 15 is 0 Å². The molecule has 6 heteroatoms. The topological polar surface area (TPSA) is 61.4 Å². The van der Waals surface area contributed by atoms with Gasteiger partial charge in [-0.05, 0) is 60.7 Å². The van der Waals surface area contributed by atoms with Crippen molar-refractivity contribution in [2.45, 2.75) is 0 Å². The summed E-state index contributed by atoms with van der Waals surface area (Å²) >= 11 is 0. The zero-order valence-electron chi connectivity index (χ0n) is 30.2. The maximum absolute atomic E-state index is 5.08. The fraction of sp³-hybridized carbons (Fsp3) is 0. The molecule has 7 aromatic carbocycles. The normalized spacial score (nSPS) is 11.6. The highest BCUT2D eigenvalue weighted by molar-refractivity contribution is 6.11. The minimum atomic E-state index is 0.474. The Bertz CT molecular complexity index is 3140. The Labute approximate surface area is 322 Å². The van der Waals surface area contributed by atoms with Gasteiger partial charge in [0.25, 0.3) is 0 Å². The van der Waals surface area contributed by atoms with E-state index in [4.69, 9.17) is 15.0 Å². The average Bonchev–Trinajstić information content (AvgIpc) is 3.80. The first-order valence-corrected chi connectivity index (χ1v) is 18.7. The summed E-state index contributed by atoms with van der Waals surface area (Å²) in [7, 11) is 0. The van der Waals surface area contributed by atoms with Crippen molar-refractivity contribution in [2.75, 3.05) is 0 Å². The molecule has 0 saturated carbocycles. The van der Waals surface area contributed by atoms with Crippen molar-refractivity contribution in [3.8, 4) is 56.8 Å². The van der Waals surface area contributed by atoms with Crippen molar-refractivity contribution < 1.29 is 0 Å². The summed E-state index contributed by atoms with van der Waals surface area (Å²) in [5.74, 6) is 0.953. The number of rotatable bonds is 6. The fourth-order valence-electron chi connectivity index (χ4n) is 8.07. The van der Waals surface area contributed by atoms with E-state index in [9.17, 15) is 0 Å². The van der Waals surface area contributed by atoms with E-state index in [0.29, 0.717) is 11.6 Å². The van der Waals surface area contributed by atoms with Crippen LogP contribution in [-0.4, -0.2) is 29.1 Å². The van der Waals surface area contributed by atoms with Gasteiger partial charge < -0.3 is 9.13 Å². The molecule has 0 unspecified atom stereocenters. The molecule has 0 aliphatic heterocycles. The Balaban J connectivity index is 1.03. The van der Waals surface area contributed by atoms with E-state index < -0.39 is 0 Å². The lowest BCUT2D eigenvalue weighted by molar-refractivity contribution is 1.09. The first-order valence-electron chi connectivity index (χ1n) is 18.7. The number of aromatic nitrogens is 6. The summed E-state index contributed by atoms with van der Waals surface area (Å²) in [6.07, 6.45) is 1.80. The van der Waals surface area contributed by atoms with E-state index in [2.05, 4.69) is 154 Å². The molecule has 0 saturated heterocycles. The second-order valence-electron chi connectivity index (χ2n) is 13.9. The van der Waals surface area contributed by atoms with E-state index in [-0.39, 0.29) is 0 Å². The molecule has 4 aromatic heterocycles. The van der Waals surface area contributed by atoms with Crippen LogP contribution >= 0.6 is 0 Å². The molecular weight excluding hydrogens is 685 g/mol. The van der Waals surface area contributed by atoms with Gasteiger partial charge in [-0.1, -0.05) is 127 Å². The van der Waals surface area contributed by atoms with Crippen molar-refractivity contribution in [3.05, 3.63) is 194 Å². The minimum absolute atomic E-state index is 0.474. The Kier molecular flexibility index (Phi) is 7.38. The summed E-state index contributed by atoms with van der Waals surface area (Å²) in [6.45, 7) is 0. The van der Waals surface area contributed by atoms with Gasteiger partial charge in [0.05, 0.1) is 39.1 Å². The van der Waals surface area contributed by atoms with Gasteiger partial charge in [-0.3, -0.25) is 0 Å². The van der Waals surface area contributed by atoms with Gasteiger partial charge in [-0.2, -0.15) is 0 Å². The Morgan fingerprint density at radius 1 is 0.304 bits per heavy atom. The molecule has 11 aromatic rings. The zero-order chi connectivity index (χ0) is 37.0. The van der Waals surface area contributed by atoms with Crippen LogP contribution in [0.1, 0.15) is 0 Å². The summed E-state index contributed by atoms with van der Waals surface area (Å²) in [4.78, 5) is 19.7. The fourth-order valence-corrected chi connectivity index (χ4v) is 8.07. The van der Waals surface area contributed by atoms with Gasteiger partial charge >= 0.3 is 0 Å². The van der Waals surface area contributed by atoms with Gasteiger partial charge in [0.15, 0.2) is 11.6 Å². The number of fused-ring (bicyclic) bond motifs is 6. The number of hydrogen-bond acceptors (Lipinski definition) is 4. The molecule has 6 nitrogen and oxygen atoms in total. The van der Waals surface area contributed by atoms with Crippen molar-refractivity contribution in [1.82, 2.24) is 29.1 Å². The number of benzene rings is 7. The molecule has 0 amide bonds. The van der Waals surface area contributed by atoms with Crippen LogP contribution in [0.3, 0.4) is 0 Å². The Morgan fingerprint density at radius 2 is 0.786 bits per heavy atom. The van der Waals surface area contributed by atoms with Crippen LogP contribution in [0.25, 0.3) is 100 Å². The third-order valence-electron chi connectivity index (χ3n) is 10.6. The van der Waals surface area contributed by atoms with E-state index in [1.165, 1.54) is 27.2 Å². The van der Waals surface area contributed by atoms with Gasteiger partial charge in [0.2, 0.25) is 0 Å². The van der Waals surface area contributed by atoms with Crippen LogP contribution in [-0.2, 0) is 0 Å². The van der Waals surface area contributed by atoms with E-state index in [0.717, 1.165) is 61.6 Å². The summed E-state index contributed by atoms with van der Waals surface area (Å²) in [5, 5.41) is 4.82. The van der Waals surface area contributed by atoms with Crippen LogP contribution in [0.5, 0.6) is 0 Å². The highest BCUT2D eigenvalue weighted by atomic mass is 15.0. The summed E-state index contributed by atoms with van der Waals surface area (Å²) in [5.41, 5.74) is 12.3. The molecule has 262 valence electrons. The second kappa shape index (κ2) is 13.0. The average molecular weight is 717 g/mol. The largest absolute Gasteiger partial charge is 0.309 e. The third-order valence-corrected chi connectivity index (χ3v) is 10.6. The molecule has 0 N–H and O–H groups in total. The van der Waals surface area contributed by atoms with E-state index in [1.54, 1.807) is 6.20 Å². The molecule has 0 spiro atoms. The molecule has 0 aliphatic carbocycles. The van der Waals surface area contributed by atoms with Crippen molar-refractivity contribution in [3.63, 3.8) is 0 Å². The lowest BCUT2D eigenvalue weighted by Crippen LogP contribution is -2.00. The molecule has 0 atom stereocenters. The standard InChI is InChI=1S/C50H32N6/c1-3-14-33(15-4-1)43-32-44(34-16-5-2-6-17-34)54-50(53-43)49-51-29-28-42(52-49)35-26-27-48-41(30-35)40-22-9-12-25-47(40)56(48)37-19-13-18-36(31-37)55-45-23-10-7-20-38(45)39-21-8-11-24-46(39)55/h1-32H. The quantitative estimate of drug-likeness (QED) is 0.172. The van der Waals surface area contributed by atoms with Gasteiger partial charge in [-0.15, -0.1) is 0 Å². The molecule has 11 rings (SSSR count). The third kappa shape index (κ3) is 5.27. The SMILES string of the molecule is c1ccc(-c2cc(-c3ccccc3)nc(-c3nccc(-c4ccc5c(c4)c4ccccc4n5-c4cccc(-n5c6ccccc6c6ccccc65)c4)n3)n2)cc1. The molecule has 0 fully saturated rings. The maximum Gasteiger partial charge on any atom is 0.198 e. The van der Waals surface area contributed by atoms with Crippen molar-refractivity contribution >= 4 is 43.6 Å². The Morgan fingerprint density at radius 3 is 1.36 bits per heavy atom. The summed E-state index contributed by atoms with van der Waals surface area (Å²) in [6, 6.07) is 65.7. The molecule has 56 heavy (non-hydrogen) atoms. The molecule has 0 bridgehead atoms.